The van der Waals surface area contributed by atoms with Crippen LogP contribution in [0, 0.1) is 5.82 Å². The monoisotopic (exact) mass is 436 g/mol. The number of hydrogen-bond donors (Lipinski definition) is 1. The standard InChI is InChI=1S/C25H29FN4O2/c1-4-29(16(2)31)22-15-30-21(14-20(22)17-8-6-5-7-9-17)23(25(32)27-3)24(28-30)18-10-12-19(26)13-11-18/h10-15,17H,4-9H2,1-3H3,(H,27,32). The quantitative estimate of drug-likeness (QED) is 0.617. The van der Waals surface area contributed by atoms with Crippen molar-refractivity contribution in [2.45, 2.75) is 51.9 Å². The minimum absolute atomic E-state index is 0.0265. The van der Waals surface area contributed by atoms with Crippen LogP contribution < -0.4 is 10.2 Å². The summed E-state index contributed by atoms with van der Waals surface area (Å²) in [6.07, 6.45) is 7.53. The Morgan fingerprint density at radius 2 is 1.88 bits per heavy atom. The van der Waals surface area contributed by atoms with Crippen molar-refractivity contribution in [3.8, 4) is 11.3 Å². The summed E-state index contributed by atoms with van der Waals surface area (Å²) in [4.78, 5) is 27.1. The number of rotatable bonds is 5. The maximum absolute atomic E-state index is 13.5. The highest BCUT2D eigenvalue weighted by Crippen LogP contribution is 2.40. The Morgan fingerprint density at radius 3 is 2.47 bits per heavy atom. The zero-order valence-electron chi connectivity index (χ0n) is 18.8. The summed E-state index contributed by atoms with van der Waals surface area (Å²) < 4.78 is 15.2. The number of aromatic nitrogens is 2. The molecule has 6 nitrogen and oxygen atoms in total. The Bertz CT molecular complexity index is 1150. The number of nitrogens with one attached hydrogen (secondary N) is 1. The lowest BCUT2D eigenvalue weighted by Crippen LogP contribution is -2.30. The van der Waals surface area contributed by atoms with Crippen LogP contribution in [0.25, 0.3) is 16.8 Å². The van der Waals surface area contributed by atoms with Crippen molar-refractivity contribution in [1.29, 1.82) is 0 Å². The normalized spacial score (nSPS) is 14.5. The minimum atomic E-state index is -0.346. The number of amides is 2. The molecule has 4 rings (SSSR count). The number of pyridine rings is 1. The molecule has 2 amide bonds. The third-order valence-electron chi connectivity index (χ3n) is 6.38. The predicted molar refractivity (Wildman–Crippen MR) is 124 cm³/mol. The van der Waals surface area contributed by atoms with E-state index >= 15 is 0 Å². The van der Waals surface area contributed by atoms with Crippen molar-refractivity contribution in [3.63, 3.8) is 0 Å². The fourth-order valence-corrected chi connectivity index (χ4v) is 4.78. The molecule has 1 aliphatic carbocycles. The Labute approximate surface area is 187 Å². The first kappa shape index (κ1) is 22.0. The molecular formula is C25H29FN4O2. The number of halogens is 1. The first-order chi connectivity index (χ1) is 15.4. The highest BCUT2D eigenvalue weighted by Gasteiger charge is 2.27. The second-order valence-corrected chi connectivity index (χ2v) is 8.35. The molecule has 0 radical (unpaired) electrons. The molecular weight excluding hydrogens is 407 g/mol. The SMILES string of the molecule is CCN(C(C)=O)c1cn2nc(-c3ccc(F)cc3)c(C(=O)NC)c2cc1C1CCCCC1. The van der Waals surface area contributed by atoms with Crippen LogP contribution >= 0.6 is 0 Å². The van der Waals surface area contributed by atoms with E-state index < -0.39 is 0 Å². The molecule has 168 valence electrons. The zero-order chi connectivity index (χ0) is 22.8. The minimum Gasteiger partial charge on any atom is -0.355 e. The summed E-state index contributed by atoms with van der Waals surface area (Å²) in [5.74, 6) is -0.290. The van der Waals surface area contributed by atoms with Gasteiger partial charge in [-0.15, -0.1) is 0 Å². The van der Waals surface area contributed by atoms with Crippen LogP contribution in [0.3, 0.4) is 0 Å². The molecule has 32 heavy (non-hydrogen) atoms. The molecule has 1 N–H and O–H groups in total. The van der Waals surface area contributed by atoms with Gasteiger partial charge in [-0.25, -0.2) is 8.91 Å². The molecule has 1 aliphatic rings. The number of nitrogens with zero attached hydrogens (tertiary/aromatic N) is 3. The van der Waals surface area contributed by atoms with Gasteiger partial charge in [-0.2, -0.15) is 5.10 Å². The van der Waals surface area contributed by atoms with Crippen LogP contribution in [-0.2, 0) is 4.79 Å². The Hall–Kier alpha value is -3.22. The van der Waals surface area contributed by atoms with Gasteiger partial charge in [0.05, 0.1) is 23.0 Å². The van der Waals surface area contributed by atoms with E-state index in [0.717, 1.165) is 36.9 Å². The molecule has 0 saturated heterocycles. The van der Waals surface area contributed by atoms with Crippen molar-refractivity contribution in [2.75, 3.05) is 18.5 Å². The third-order valence-corrected chi connectivity index (χ3v) is 6.38. The highest BCUT2D eigenvalue weighted by molar-refractivity contribution is 6.06. The molecule has 2 heterocycles. The average molecular weight is 437 g/mol. The van der Waals surface area contributed by atoms with Crippen molar-refractivity contribution in [1.82, 2.24) is 14.9 Å². The van der Waals surface area contributed by atoms with Gasteiger partial charge >= 0.3 is 0 Å². The molecule has 0 aliphatic heterocycles. The van der Waals surface area contributed by atoms with Gasteiger partial charge in [-0.3, -0.25) is 9.59 Å². The molecule has 0 spiro atoms. The second-order valence-electron chi connectivity index (χ2n) is 8.35. The largest absolute Gasteiger partial charge is 0.355 e. The van der Waals surface area contributed by atoms with E-state index in [1.54, 1.807) is 35.5 Å². The molecule has 7 heteroatoms. The number of benzene rings is 1. The molecule has 0 unspecified atom stereocenters. The van der Waals surface area contributed by atoms with Crippen LogP contribution in [0.15, 0.2) is 36.5 Å². The van der Waals surface area contributed by atoms with E-state index in [9.17, 15) is 14.0 Å². The van der Waals surface area contributed by atoms with E-state index in [4.69, 9.17) is 5.10 Å². The first-order valence-corrected chi connectivity index (χ1v) is 11.3. The Morgan fingerprint density at radius 1 is 1.19 bits per heavy atom. The number of carbonyl (C=O) groups excluding carboxylic acids is 2. The van der Waals surface area contributed by atoms with Crippen LogP contribution in [0.2, 0.25) is 0 Å². The smallest absolute Gasteiger partial charge is 0.255 e. The van der Waals surface area contributed by atoms with Crippen LogP contribution in [0.1, 0.15) is 67.8 Å². The molecule has 0 atom stereocenters. The summed E-state index contributed by atoms with van der Waals surface area (Å²) in [7, 11) is 1.59. The molecule has 2 aromatic heterocycles. The Kier molecular flexibility index (Phi) is 6.26. The van der Waals surface area contributed by atoms with E-state index in [1.807, 2.05) is 19.2 Å². The van der Waals surface area contributed by atoms with Gasteiger partial charge in [0.2, 0.25) is 5.91 Å². The van der Waals surface area contributed by atoms with Gasteiger partial charge in [0.1, 0.15) is 11.5 Å². The van der Waals surface area contributed by atoms with E-state index in [-0.39, 0.29) is 17.6 Å². The van der Waals surface area contributed by atoms with Crippen LogP contribution in [-0.4, -0.2) is 35.0 Å². The third kappa shape index (κ3) is 3.99. The van der Waals surface area contributed by atoms with Gasteiger partial charge in [0.25, 0.3) is 5.91 Å². The lowest BCUT2D eigenvalue weighted by atomic mass is 9.83. The van der Waals surface area contributed by atoms with Crippen molar-refractivity contribution in [2.24, 2.45) is 0 Å². The topological polar surface area (TPSA) is 66.7 Å². The van der Waals surface area contributed by atoms with Gasteiger partial charge in [-0.05, 0) is 61.6 Å². The van der Waals surface area contributed by atoms with E-state index in [0.29, 0.717) is 34.8 Å². The van der Waals surface area contributed by atoms with Crippen LogP contribution in [0.5, 0.6) is 0 Å². The number of anilines is 1. The molecule has 3 aromatic rings. The highest BCUT2D eigenvalue weighted by atomic mass is 19.1. The average Bonchev–Trinajstić information content (AvgIpc) is 3.17. The van der Waals surface area contributed by atoms with Crippen molar-refractivity contribution in [3.05, 3.63) is 53.5 Å². The second kappa shape index (κ2) is 9.10. The molecule has 1 fully saturated rings. The lowest BCUT2D eigenvalue weighted by Gasteiger charge is -2.29. The van der Waals surface area contributed by atoms with Crippen LogP contribution in [0.4, 0.5) is 10.1 Å². The van der Waals surface area contributed by atoms with Crippen molar-refractivity contribution < 1.29 is 14.0 Å². The first-order valence-electron chi connectivity index (χ1n) is 11.3. The summed E-state index contributed by atoms with van der Waals surface area (Å²) in [6, 6.07) is 8.00. The van der Waals surface area contributed by atoms with Gasteiger partial charge < -0.3 is 10.2 Å². The Balaban J connectivity index is 1.99. The fraction of sp³-hybridized carbons (Fsp3) is 0.400. The number of fused-ring (bicyclic) bond motifs is 1. The summed E-state index contributed by atoms with van der Waals surface area (Å²) in [5, 5.41) is 7.42. The zero-order valence-corrected chi connectivity index (χ0v) is 18.8. The van der Waals surface area contributed by atoms with E-state index in [1.165, 1.54) is 18.6 Å². The number of hydrogen-bond acceptors (Lipinski definition) is 3. The lowest BCUT2D eigenvalue weighted by molar-refractivity contribution is -0.116. The predicted octanol–water partition coefficient (Wildman–Crippen LogP) is 4.92. The summed E-state index contributed by atoms with van der Waals surface area (Å²) in [6.45, 7) is 4.08. The summed E-state index contributed by atoms with van der Waals surface area (Å²) in [5.41, 5.74) is 4.22. The number of carbonyl (C=O) groups is 2. The maximum Gasteiger partial charge on any atom is 0.255 e. The van der Waals surface area contributed by atoms with Gasteiger partial charge in [0, 0.05) is 26.1 Å². The molecule has 0 bridgehead atoms. The van der Waals surface area contributed by atoms with Crippen molar-refractivity contribution >= 4 is 23.0 Å². The molecule has 1 saturated carbocycles. The maximum atomic E-state index is 13.5. The van der Waals surface area contributed by atoms with Gasteiger partial charge in [0.15, 0.2) is 0 Å². The summed E-state index contributed by atoms with van der Waals surface area (Å²) >= 11 is 0. The molecule has 1 aromatic carbocycles. The van der Waals surface area contributed by atoms with Gasteiger partial charge in [-0.1, -0.05) is 19.3 Å². The van der Waals surface area contributed by atoms with E-state index in [2.05, 4.69) is 5.32 Å². The fourth-order valence-electron chi connectivity index (χ4n) is 4.78.